The predicted molar refractivity (Wildman–Crippen MR) is 105 cm³/mol. The fourth-order valence-electron chi connectivity index (χ4n) is 2.87. The van der Waals surface area contributed by atoms with Crippen molar-refractivity contribution in [3.8, 4) is 0 Å². The summed E-state index contributed by atoms with van der Waals surface area (Å²) in [4.78, 5) is 30.4. The van der Waals surface area contributed by atoms with E-state index in [2.05, 4.69) is 15.6 Å². The van der Waals surface area contributed by atoms with Crippen LogP contribution in [0.15, 0.2) is 29.3 Å². The Morgan fingerprint density at radius 1 is 1.24 bits per heavy atom. The van der Waals surface area contributed by atoms with Gasteiger partial charge in [-0.25, -0.2) is 4.99 Å². The lowest BCUT2D eigenvalue weighted by atomic mass is 10.2. The number of rotatable bonds is 7. The van der Waals surface area contributed by atoms with Crippen LogP contribution in [0, 0.1) is 0 Å². The van der Waals surface area contributed by atoms with Crippen molar-refractivity contribution in [3.05, 3.63) is 29.8 Å². The quantitative estimate of drug-likeness (QED) is 0.529. The van der Waals surface area contributed by atoms with Crippen LogP contribution in [0.2, 0.25) is 0 Å². The second-order valence-electron chi connectivity index (χ2n) is 6.73. The Labute approximate surface area is 168 Å². The van der Waals surface area contributed by atoms with Gasteiger partial charge in [-0.15, -0.1) is 0 Å². The average molecular weight is 413 g/mol. The number of aliphatic imine (C=N–C) groups is 1. The molecule has 0 spiro atoms. The van der Waals surface area contributed by atoms with E-state index in [4.69, 9.17) is 0 Å². The number of carbonyl (C=O) groups is 2. The van der Waals surface area contributed by atoms with Gasteiger partial charge in [0.15, 0.2) is 5.96 Å². The average Bonchev–Trinajstić information content (AvgIpc) is 3.08. The van der Waals surface area contributed by atoms with Gasteiger partial charge in [0.05, 0.1) is 13.1 Å². The summed E-state index contributed by atoms with van der Waals surface area (Å²) >= 11 is 0. The molecule has 0 bridgehead atoms. The van der Waals surface area contributed by atoms with E-state index >= 15 is 0 Å². The van der Waals surface area contributed by atoms with Gasteiger partial charge in [0.25, 0.3) is 0 Å². The fraction of sp³-hybridized carbons (Fsp3) is 0.526. The van der Waals surface area contributed by atoms with Gasteiger partial charge in [0, 0.05) is 32.2 Å². The molecule has 2 N–H and O–H groups in total. The molecule has 1 saturated heterocycles. The first kappa shape index (κ1) is 22.5. The van der Waals surface area contributed by atoms with Crippen molar-refractivity contribution in [1.82, 2.24) is 15.5 Å². The van der Waals surface area contributed by atoms with Crippen molar-refractivity contribution in [2.75, 3.05) is 38.1 Å². The maximum absolute atomic E-state index is 12.4. The summed E-state index contributed by atoms with van der Waals surface area (Å²) in [5.74, 6) is -0.234. The molecule has 0 unspecified atom stereocenters. The normalized spacial score (nSPS) is 14.9. The second-order valence-corrected chi connectivity index (χ2v) is 6.73. The van der Waals surface area contributed by atoms with Crippen LogP contribution >= 0.6 is 0 Å². The van der Waals surface area contributed by atoms with Crippen LogP contribution in [0.25, 0.3) is 0 Å². The molecule has 160 valence electrons. The molecule has 0 saturated carbocycles. The van der Waals surface area contributed by atoms with E-state index in [1.807, 2.05) is 31.2 Å². The molecule has 7 nitrogen and oxygen atoms in total. The van der Waals surface area contributed by atoms with Crippen LogP contribution < -0.4 is 15.5 Å². The second kappa shape index (κ2) is 10.1. The molecule has 0 radical (unpaired) electrons. The smallest absolute Gasteiger partial charge is 0.357 e. The third kappa shape index (κ3) is 7.28. The minimum absolute atomic E-state index is 0.120. The summed E-state index contributed by atoms with van der Waals surface area (Å²) < 4.78 is 37.1. The Kier molecular flexibility index (Phi) is 7.86. The van der Waals surface area contributed by atoms with Crippen LogP contribution in [0.1, 0.15) is 25.3 Å². The van der Waals surface area contributed by atoms with Crippen molar-refractivity contribution in [2.45, 2.75) is 32.5 Å². The first-order valence-corrected chi connectivity index (χ1v) is 9.42. The lowest BCUT2D eigenvalue weighted by molar-refractivity contribution is -0.157. The number of carbonyl (C=O) groups excluding carboxylic acids is 2. The number of guanidine groups is 1. The third-order valence-electron chi connectivity index (χ3n) is 4.33. The molecule has 10 heteroatoms. The number of likely N-dealkylation sites (N-methyl/N-ethyl adjacent to an activating group) is 1. The van der Waals surface area contributed by atoms with Gasteiger partial charge in [0.1, 0.15) is 6.54 Å². The number of amides is 2. The molecule has 0 aromatic heterocycles. The monoisotopic (exact) mass is 413 g/mol. The van der Waals surface area contributed by atoms with E-state index in [9.17, 15) is 22.8 Å². The number of halogens is 3. The summed E-state index contributed by atoms with van der Waals surface area (Å²) in [6.45, 7) is 1.82. The van der Waals surface area contributed by atoms with Crippen LogP contribution in [-0.4, -0.2) is 62.1 Å². The zero-order chi connectivity index (χ0) is 21.4. The first-order valence-electron chi connectivity index (χ1n) is 9.42. The van der Waals surface area contributed by atoms with Crippen LogP contribution in [0.5, 0.6) is 0 Å². The van der Waals surface area contributed by atoms with E-state index in [1.54, 1.807) is 4.90 Å². The minimum atomic E-state index is -4.44. The number of benzene rings is 1. The summed E-state index contributed by atoms with van der Waals surface area (Å²) in [6.07, 6.45) is -3.01. The first-order chi connectivity index (χ1) is 13.7. The Morgan fingerprint density at radius 2 is 1.93 bits per heavy atom. The molecule has 1 fully saturated rings. The molecule has 29 heavy (non-hydrogen) atoms. The number of anilines is 1. The SMILES string of the molecule is CCNC(=NCc1ccc(N2CCCC2=O)cc1)NCC(=O)N(C)CC(F)(F)F. The molecule has 1 aliphatic heterocycles. The number of hydrogen-bond donors (Lipinski definition) is 2. The van der Waals surface area contributed by atoms with Gasteiger partial charge in [-0.1, -0.05) is 12.1 Å². The van der Waals surface area contributed by atoms with Gasteiger partial charge in [-0.3, -0.25) is 9.59 Å². The molecular formula is C19H26F3N5O2. The highest BCUT2D eigenvalue weighted by Gasteiger charge is 2.31. The van der Waals surface area contributed by atoms with Gasteiger partial charge >= 0.3 is 6.18 Å². The topological polar surface area (TPSA) is 77.0 Å². The molecule has 0 atom stereocenters. The number of nitrogens with zero attached hydrogens (tertiary/aromatic N) is 3. The minimum Gasteiger partial charge on any atom is -0.357 e. The van der Waals surface area contributed by atoms with E-state index in [0.717, 1.165) is 31.3 Å². The maximum atomic E-state index is 12.4. The maximum Gasteiger partial charge on any atom is 0.406 e. The summed E-state index contributed by atoms with van der Waals surface area (Å²) in [5, 5.41) is 5.70. The number of nitrogens with one attached hydrogen (secondary N) is 2. The Hall–Kier alpha value is -2.78. The lowest BCUT2D eigenvalue weighted by Gasteiger charge is -2.20. The Morgan fingerprint density at radius 3 is 2.48 bits per heavy atom. The van der Waals surface area contributed by atoms with Crippen LogP contribution in [0.4, 0.5) is 18.9 Å². The van der Waals surface area contributed by atoms with Crippen molar-refractivity contribution in [3.63, 3.8) is 0 Å². The van der Waals surface area contributed by atoms with Crippen LogP contribution in [0.3, 0.4) is 0 Å². The predicted octanol–water partition coefficient (Wildman–Crippen LogP) is 1.89. The van der Waals surface area contributed by atoms with Crippen molar-refractivity contribution >= 4 is 23.5 Å². The fourth-order valence-corrected chi connectivity index (χ4v) is 2.87. The Bertz CT molecular complexity index is 734. The molecule has 1 aromatic rings. The zero-order valence-electron chi connectivity index (χ0n) is 16.6. The standard InChI is InChI=1S/C19H26F3N5O2/c1-3-23-18(25-12-17(29)26(2)13-19(20,21)22)24-11-14-6-8-15(9-7-14)27-10-4-5-16(27)28/h6-9H,3-5,10-13H2,1-2H3,(H2,23,24,25). The van der Waals surface area contributed by atoms with Crippen LogP contribution in [-0.2, 0) is 16.1 Å². The van der Waals surface area contributed by atoms with Gasteiger partial charge in [-0.05, 0) is 31.0 Å². The van der Waals surface area contributed by atoms with E-state index in [1.165, 1.54) is 0 Å². The van der Waals surface area contributed by atoms with Gasteiger partial charge in [0.2, 0.25) is 11.8 Å². The van der Waals surface area contributed by atoms with E-state index < -0.39 is 18.6 Å². The highest BCUT2D eigenvalue weighted by molar-refractivity contribution is 5.95. The molecule has 1 aromatic carbocycles. The molecule has 0 aliphatic carbocycles. The third-order valence-corrected chi connectivity index (χ3v) is 4.33. The molecule has 2 amide bonds. The Balaban J connectivity index is 1.91. The summed E-state index contributed by atoms with van der Waals surface area (Å²) in [5.41, 5.74) is 1.75. The lowest BCUT2D eigenvalue weighted by Crippen LogP contribution is -2.45. The zero-order valence-corrected chi connectivity index (χ0v) is 16.6. The molecule has 1 heterocycles. The summed E-state index contributed by atoms with van der Waals surface area (Å²) in [7, 11) is 1.11. The molecule has 2 rings (SSSR count). The molecule has 1 aliphatic rings. The van der Waals surface area contributed by atoms with Gasteiger partial charge in [-0.2, -0.15) is 13.2 Å². The largest absolute Gasteiger partial charge is 0.406 e. The van der Waals surface area contributed by atoms with Crippen molar-refractivity contribution in [2.24, 2.45) is 4.99 Å². The van der Waals surface area contributed by atoms with Crippen molar-refractivity contribution < 1.29 is 22.8 Å². The number of hydrogen-bond acceptors (Lipinski definition) is 3. The van der Waals surface area contributed by atoms with E-state index in [-0.39, 0.29) is 12.5 Å². The van der Waals surface area contributed by atoms with E-state index in [0.29, 0.717) is 30.4 Å². The highest BCUT2D eigenvalue weighted by Crippen LogP contribution is 2.21. The van der Waals surface area contributed by atoms with Gasteiger partial charge < -0.3 is 20.4 Å². The molecular weight excluding hydrogens is 387 g/mol. The van der Waals surface area contributed by atoms with Crippen molar-refractivity contribution in [1.29, 1.82) is 0 Å². The number of alkyl halides is 3. The summed E-state index contributed by atoms with van der Waals surface area (Å²) in [6, 6.07) is 7.47. The highest BCUT2D eigenvalue weighted by atomic mass is 19.4.